The van der Waals surface area contributed by atoms with Gasteiger partial charge >= 0.3 is 0 Å². The van der Waals surface area contributed by atoms with Crippen molar-refractivity contribution in [3.63, 3.8) is 0 Å². The minimum Gasteiger partial charge on any atom is -0.294 e. The summed E-state index contributed by atoms with van der Waals surface area (Å²) in [6.07, 6.45) is 8.59. The topological polar surface area (TPSA) is 34.1 Å². The van der Waals surface area contributed by atoms with E-state index in [1.807, 2.05) is 30.3 Å². The normalized spacial score (nSPS) is 19.9. The molecular weight excluding hydrogens is 296 g/mol. The molecule has 0 saturated carbocycles. The molecule has 2 rings (SSSR count). The van der Waals surface area contributed by atoms with Crippen LogP contribution in [0, 0.1) is 5.92 Å². The van der Waals surface area contributed by atoms with Gasteiger partial charge in [-0.2, -0.15) is 0 Å². The fraction of sp³-hybridized carbons (Fsp3) is 0.455. The third-order valence-corrected chi connectivity index (χ3v) is 4.68. The van der Waals surface area contributed by atoms with Crippen LogP contribution in [0.5, 0.6) is 0 Å². The molecule has 0 bridgehead atoms. The van der Waals surface area contributed by atoms with E-state index in [1.54, 1.807) is 0 Å². The van der Waals surface area contributed by atoms with Crippen molar-refractivity contribution in [2.24, 2.45) is 5.92 Å². The van der Waals surface area contributed by atoms with Crippen LogP contribution in [-0.4, -0.2) is 11.6 Å². The molecule has 2 nitrogen and oxygen atoms in total. The third-order valence-electron chi connectivity index (χ3n) is 4.68. The summed E-state index contributed by atoms with van der Waals surface area (Å²) in [5.74, 6) is 0.0293. The number of hydrogen-bond acceptors (Lipinski definition) is 2. The molecule has 0 amide bonds. The van der Waals surface area contributed by atoms with Crippen molar-refractivity contribution in [1.82, 2.24) is 0 Å². The van der Waals surface area contributed by atoms with E-state index in [-0.39, 0.29) is 17.5 Å². The Labute approximate surface area is 145 Å². The van der Waals surface area contributed by atoms with Crippen LogP contribution < -0.4 is 0 Å². The van der Waals surface area contributed by atoms with Gasteiger partial charge in [0.2, 0.25) is 0 Å². The highest BCUT2D eigenvalue weighted by Gasteiger charge is 2.31. The molecule has 1 atom stereocenters. The quantitative estimate of drug-likeness (QED) is 0.488. The number of allylic oxidation sites excluding steroid dienone is 4. The first-order chi connectivity index (χ1) is 11.6. The van der Waals surface area contributed by atoms with Gasteiger partial charge in [-0.1, -0.05) is 69.5 Å². The smallest absolute Gasteiger partial charge is 0.167 e. The maximum absolute atomic E-state index is 12.5. The van der Waals surface area contributed by atoms with Crippen LogP contribution in [0.1, 0.15) is 64.9 Å². The van der Waals surface area contributed by atoms with Crippen LogP contribution in [0.25, 0.3) is 5.57 Å². The van der Waals surface area contributed by atoms with Gasteiger partial charge in [-0.25, -0.2) is 0 Å². The Bertz CT molecular complexity index is 650. The second kappa shape index (κ2) is 8.77. The van der Waals surface area contributed by atoms with Gasteiger partial charge in [-0.05, 0) is 42.4 Å². The van der Waals surface area contributed by atoms with Crippen molar-refractivity contribution >= 4 is 17.1 Å². The Balaban J connectivity index is 2.43. The standard InChI is InChI=1S/C22H28O2/c1-4-5-6-7-11-14-19-16(2)15-20(24)21(17(3)23)22(19)18-12-9-8-10-13-18/h8-10,12-14,16H,4-7,11,15H2,1-3H3/b19-14-. The van der Waals surface area contributed by atoms with E-state index in [4.69, 9.17) is 0 Å². The molecule has 0 N–H and O–H groups in total. The van der Waals surface area contributed by atoms with E-state index in [2.05, 4.69) is 19.9 Å². The predicted octanol–water partition coefficient (Wildman–Crippen LogP) is 5.53. The lowest BCUT2D eigenvalue weighted by Crippen LogP contribution is -2.23. The van der Waals surface area contributed by atoms with Gasteiger partial charge in [-0.15, -0.1) is 0 Å². The maximum atomic E-state index is 12.5. The number of benzene rings is 1. The zero-order chi connectivity index (χ0) is 17.5. The highest BCUT2D eigenvalue weighted by Crippen LogP contribution is 2.39. The van der Waals surface area contributed by atoms with Crippen LogP contribution >= 0.6 is 0 Å². The molecule has 1 aliphatic carbocycles. The van der Waals surface area contributed by atoms with Crippen LogP contribution in [0.4, 0.5) is 0 Å². The van der Waals surface area contributed by atoms with Gasteiger partial charge in [0.05, 0.1) is 5.57 Å². The number of rotatable bonds is 7. The number of unbranched alkanes of at least 4 members (excludes halogenated alkanes) is 4. The SMILES string of the molecule is CCCCCC/C=C1\C(c2ccccc2)=C(C(C)=O)C(=O)CC1C. The first-order valence-corrected chi connectivity index (χ1v) is 9.10. The molecule has 128 valence electrons. The van der Waals surface area contributed by atoms with Crippen molar-refractivity contribution in [2.45, 2.75) is 59.3 Å². The second-order valence-electron chi connectivity index (χ2n) is 6.71. The van der Waals surface area contributed by atoms with Crippen molar-refractivity contribution in [3.05, 3.63) is 53.1 Å². The van der Waals surface area contributed by atoms with Crippen molar-refractivity contribution in [2.75, 3.05) is 0 Å². The number of carbonyl (C=O) groups is 2. The first-order valence-electron chi connectivity index (χ1n) is 9.10. The number of carbonyl (C=O) groups excluding carboxylic acids is 2. The number of ketones is 2. The van der Waals surface area contributed by atoms with E-state index < -0.39 is 0 Å². The van der Waals surface area contributed by atoms with Crippen molar-refractivity contribution in [3.8, 4) is 0 Å². The molecule has 24 heavy (non-hydrogen) atoms. The average molecular weight is 324 g/mol. The molecule has 1 unspecified atom stereocenters. The first kappa shape index (κ1) is 18.4. The lowest BCUT2D eigenvalue weighted by molar-refractivity contribution is -0.120. The third kappa shape index (κ3) is 4.31. The summed E-state index contributed by atoms with van der Waals surface area (Å²) in [4.78, 5) is 24.6. The Morgan fingerprint density at radius 3 is 2.50 bits per heavy atom. The summed E-state index contributed by atoms with van der Waals surface area (Å²) < 4.78 is 0. The molecule has 0 fully saturated rings. The van der Waals surface area contributed by atoms with Crippen molar-refractivity contribution < 1.29 is 9.59 Å². The molecular formula is C22H28O2. The molecule has 1 aliphatic rings. The summed E-state index contributed by atoms with van der Waals surface area (Å²) in [6.45, 7) is 5.81. The zero-order valence-corrected chi connectivity index (χ0v) is 15.1. The lowest BCUT2D eigenvalue weighted by Gasteiger charge is -2.27. The summed E-state index contributed by atoms with van der Waals surface area (Å²) in [6, 6.07) is 9.87. The monoisotopic (exact) mass is 324 g/mol. The van der Waals surface area contributed by atoms with Crippen LogP contribution in [-0.2, 0) is 9.59 Å². The fourth-order valence-electron chi connectivity index (χ4n) is 3.44. The van der Waals surface area contributed by atoms with Gasteiger partial charge in [0.1, 0.15) is 0 Å². The summed E-state index contributed by atoms with van der Waals surface area (Å²) in [7, 11) is 0. The minimum atomic E-state index is -0.123. The summed E-state index contributed by atoms with van der Waals surface area (Å²) >= 11 is 0. The Kier molecular flexibility index (Phi) is 6.72. The highest BCUT2D eigenvalue weighted by atomic mass is 16.1. The van der Waals surface area contributed by atoms with E-state index in [0.717, 1.165) is 24.0 Å². The maximum Gasteiger partial charge on any atom is 0.167 e. The van der Waals surface area contributed by atoms with Gasteiger partial charge < -0.3 is 0 Å². The second-order valence-corrected chi connectivity index (χ2v) is 6.71. The van der Waals surface area contributed by atoms with Crippen LogP contribution in [0.2, 0.25) is 0 Å². The van der Waals surface area contributed by atoms with Gasteiger partial charge in [0.25, 0.3) is 0 Å². The summed E-state index contributed by atoms with van der Waals surface area (Å²) in [5.41, 5.74) is 3.39. The van der Waals surface area contributed by atoms with Gasteiger partial charge in [-0.3, -0.25) is 9.59 Å². The van der Waals surface area contributed by atoms with E-state index in [9.17, 15) is 9.59 Å². The van der Waals surface area contributed by atoms with E-state index >= 15 is 0 Å². The Hall–Kier alpha value is -1.96. The fourth-order valence-corrected chi connectivity index (χ4v) is 3.44. The molecule has 0 spiro atoms. The van der Waals surface area contributed by atoms with Crippen LogP contribution in [0.15, 0.2) is 47.6 Å². The Morgan fingerprint density at radius 2 is 1.88 bits per heavy atom. The molecule has 1 aromatic rings. The largest absolute Gasteiger partial charge is 0.294 e. The molecule has 0 aliphatic heterocycles. The zero-order valence-electron chi connectivity index (χ0n) is 15.1. The van der Waals surface area contributed by atoms with E-state index in [1.165, 1.54) is 31.8 Å². The molecule has 0 radical (unpaired) electrons. The molecule has 1 aromatic carbocycles. The van der Waals surface area contributed by atoms with Gasteiger partial charge in [0.15, 0.2) is 11.6 Å². The highest BCUT2D eigenvalue weighted by molar-refractivity contribution is 6.27. The molecule has 0 aromatic heterocycles. The molecule has 2 heteroatoms. The average Bonchev–Trinajstić information content (AvgIpc) is 2.56. The Morgan fingerprint density at radius 1 is 1.17 bits per heavy atom. The van der Waals surface area contributed by atoms with Crippen LogP contribution in [0.3, 0.4) is 0 Å². The minimum absolute atomic E-state index is 0.0167. The molecule has 0 saturated heterocycles. The van der Waals surface area contributed by atoms with Gasteiger partial charge in [0, 0.05) is 6.42 Å². The van der Waals surface area contributed by atoms with Crippen molar-refractivity contribution in [1.29, 1.82) is 0 Å². The number of hydrogen-bond donors (Lipinski definition) is 0. The van der Waals surface area contributed by atoms with E-state index in [0.29, 0.717) is 12.0 Å². The lowest BCUT2D eigenvalue weighted by atomic mass is 9.75. The summed E-state index contributed by atoms with van der Waals surface area (Å²) in [5, 5.41) is 0. The number of Topliss-reactive ketones (excluding diaryl/α,β-unsaturated/α-hetero) is 2. The predicted molar refractivity (Wildman–Crippen MR) is 99.7 cm³/mol. The molecule has 0 heterocycles.